The minimum Gasteiger partial charge on any atom is -0.381 e. The fraction of sp³-hybridized carbons (Fsp3) is 0.500. The van der Waals surface area contributed by atoms with Crippen LogP contribution in [0.15, 0.2) is 16.8 Å². The fourth-order valence-corrected chi connectivity index (χ4v) is 3.17. The molecule has 0 amide bonds. The largest absolute Gasteiger partial charge is 0.381 e. The molecule has 0 N–H and O–H groups in total. The van der Waals surface area contributed by atoms with Gasteiger partial charge in [-0.25, -0.2) is 9.50 Å². The highest BCUT2D eigenvalue weighted by molar-refractivity contribution is 5.72. The molecular formula is C16H19N5O2. The van der Waals surface area contributed by atoms with Crippen molar-refractivity contribution in [2.75, 3.05) is 13.2 Å². The van der Waals surface area contributed by atoms with Crippen LogP contribution in [0.5, 0.6) is 0 Å². The molecule has 3 aromatic heterocycles. The molecule has 2 atom stereocenters. The minimum absolute atomic E-state index is 0.253. The van der Waals surface area contributed by atoms with Gasteiger partial charge in [-0.3, -0.25) is 0 Å². The standard InChI is InChI=1S/C16H19N5O2/c1-9-8-22-5-4-12(9)16-19-14(20-23-16)13-7-17-21-11(3)6-10(2)18-15(13)21/h6-7,9,12H,4-5,8H2,1-3H3/t9-,12+/m0/s1. The second-order valence-corrected chi connectivity index (χ2v) is 6.24. The summed E-state index contributed by atoms with van der Waals surface area (Å²) < 4.78 is 12.8. The van der Waals surface area contributed by atoms with Crippen LogP contribution in [-0.4, -0.2) is 38.0 Å². The van der Waals surface area contributed by atoms with Gasteiger partial charge in [0.2, 0.25) is 11.7 Å². The first-order valence-electron chi connectivity index (χ1n) is 7.87. The Kier molecular flexibility index (Phi) is 3.37. The number of hydrogen-bond acceptors (Lipinski definition) is 6. The molecule has 120 valence electrons. The van der Waals surface area contributed by atoms with Crippen LogP contribution in [0.2, 0.25) is 0 Å². The van der Waals surface area contributed by atoms with Crippen molar-refractivity contribution >= 4 is 5.65 Å². The average Bonchev–Trinajstić information content (AvgIpc) is 3.14. The predicted molar refractivity (Wildman–Crippen MR) is 83.1 cm³/mol. The Balaban J connectivity index is 1.74. The van der Waals surface area contributed by atoms with E-state index in [9.17, 15) is 0 Å². The minimum atomic E-state index is 0.253. The van der Waals surface area contributed by atoms with Crippen LogP contribution < -0.4 is 0 Å². The Morgan fingerprint density at radius 2 is 2.13 bits per heavy atom. The van der Waals surface area contributed by atoms with Crippen LogP contribution >= 0.6 is 0 Å². The third-order valence-corrected chi connectivity index (χ3v) is 4.42. The summed E-state index contributed by atoms with van der Waals surface area (Å²) in [4.78, 5) is 9.18. The van der Waals surface area contributed by atoms with Gasteiger partial charge in [0.25, 0.3) is 0 Å². The molecule has 1 aliphatic heterocycles. The maximum absolute atomic E-state index is 5.53. The summed E-state index contributed by atoms with van der Waals surface area (Å²) >= 11 is 0. The lowest BCUT2D eigenvalue weighted by Gasteiger charge is -2.25. The lowest BCUT2D eigenvalue weighted by molar-refractivity contribution is 0.0392. The lowest BCUT2D eigenvalue weighted by atomic mass is 9.90. The Morgan fingerprint density at radius 1 is 1.26 bits per heavy atom. The molecule has 0 saturated carbocycles. The molecule has 0 aromatic carbocycles. The predicted octanol–water partition coefficient (Wildman–Crippen LogP) is 2.54. The van der Waals surface area contributed by atoms with E-state index in [1.807, 2.05) is 19.9 Å². The molecular weight excluding hydrogens is 294 g/mol. The van der Waals surface area contributed by atoms with Crippen LogP contribution in [-0.2, 0) is 4.74 Å². The molecule has 1 fully saturated rings. The summed E-state index contributed by atoms with van der Waals surface area (Å²) in [6.45, 7) is 7.60. The SMILES string of the molecule is Cc1cc(C)n2ncc(-c3noc([C@@H]4CCOC[C@@H]4C)n3)c2n1. The van der Waals surface area contributed by atoms with Crippen LogP contribution in [0, 0.1) is 19.8 Å². The summed E-state index contributed by atoms with van der Waals surface area (Å²) in [6, 6.07) is 2.00. The number of hydrogen-bond donors (Lipinski definition) is 0. The van der Waals surface area contributed by atoms with Gasteiger partial charge < -0.3 is 9.26 Å². The quantitative estimate of drug-likeness (QED) is 0.723. The summed E-state index contributed by atoms with van der Waals surface area (Å²) in [6.07, 6.45) is 2.66. The lowest BCUT2D eigenvalue weighted by Crippen LogP contribution is -2.23. The number of rotatable bonds is 2. The molecule has 3 aromatic rings. The van der Waals surface area contributed by atoms with E-state index in [-0.39, 0.29) is 5.92 Å². The number of nitrogens with zero attached hydrogens (tertiary/aromatic N) is 5. The fourth-order valence-electron chi connectivity index (χ4n) is 3.17. The van der Waals surface area contributed by atoms with Gasteiger partial charge in [-0.05, 0) is 32.3 Å². The van der Waals surface area contributed by atoms with E-state index in [1.165, 1.54) is 0 Å². The molecule has 0 unspecified atom stereocenters. The highest BCUT2D eigenvalue weighted by Crippen LogP contribution is 2.32. The first-order valence-corrected chi connectivity index (χ1v) is 7.87. The third-order valence-electron chi connectivity index (χ3n) is 4.42. The molecule has 0 spiro atoms. The maximum Gasteiger partial charge on any atom is 0.230 e. The van der Waals surface area contributed by atoms with Gasteiger partial charge in [-0.1, -0.05) is 12.1 Å². The van der Waals surface area contributed by atoms with E-state index in [2.05, 4.69) is 27.1 Å². The van der Waals surface area contributed by atoms with Crippen LogP contribution in [0.1, 0.15) is 36.5 Å². The molecule has 0 radical (unpaired) electrons. The molecule has 1 saturated heterocycles. The Morgan fingerprint density at radius 3 is 2.96 bits per heavy atom. The van der Waals surface area contributed by atoms with Crippen LogP contribution in [0.25, 0.3) is 17.0 Å². The zero-order valence-electron chi connectivity index (χ0n) is 13.5. The Bertz CT molecular complexity index is 853. The van der Waals surface area contributed by atoms with Crippen molar-refractivity contribution in [2.24, 2.45) is 5.92 Å². The van der Waals surface area contributed by atoms with E-state index >= 15 is 0 Å². The molecule has 4 rings (SSSR count). The highest BCUT2D eigenvalue weighted by Gasteiger charge is 2.29. The van der Waals surface area contributed by atoms with Gasteiger partial charge in [0, 0.05) is 30.5 Å². The van der Waals surface area contributed by atoms with Crippen LogP contribution in [0.3, 0.4) is 0 Å². The molecule has 23 heavy (non-hydrogen) atoms. The van der Waals surface area contributed by atoms with Gasteiger partial charge in [0.15, 0.2) is 5.65 Å². The molecule has 7 heteroatoms. The highest BCUT2D eigenvalue weighted by atomic mass is 16.5. The van der Waals surface area contributed by atoms with Gasteiger partial charge in [0.1, 0.15) is 0 Å². The Hall–Kier alpha value is -2.28. The summed E-state index contributed by atoms with van der Waals surface area (Å²) in [7, 11) is 0. The van der Waals surface area contributed by atoms with Gasteiger partial charge in [-0.2, -0.15) is 10.1 Å². The number of aromatic nitrogens is 5. The summed E-state index contributed by atoms with van der Waals surface area (Å²) in [5, 5.41) is 8.54. The van der Waals surface area contributed by atoms with E-state index in [4.69, 9.17) is 9.26 Å². The van der Waals surface area contributed by atoms with Gasteiger partial charge in [0.05, 0.1) is 11.8 Å². The van der Waals surface area contributed by atoms with Crippen molar-refractivity contribution in [2.45, 2.75) is 33.1 Å². The zero-order chi connectivity index (χ0) is 16.0. The number of aryl methyl sites for hydroxylation is 2. The molecule has 7 nitrogen and oxygen atoms in total. The summed E-state index contributed by atoms with van der Waals surface area (Å²) in [5.41, 5.74) is 3.53. The van der Waals surface area contributed by atoms with E-state index in [1.54, 1.807) is 10.7 Å². The molecule has 0 aliphatic carbocycles. The van der Waals surface area contributed by atoms with E-state index < -0.39 is 0 Å². The second-order valence-electron chi connectivity index (χ2n) is 6.24. The topological polar surface area (TPSA) is 78.3 Å². The third kappa shape index (κ3) is 2.41. The van der Waals surface area contributed by atoms with Gasteiger partial charge in [-0.15, -0.1) is 0 Å². The van der Waals surface area contributed by atoms with Crippen molar-refractivity contribution in [3.63, 3.8) is 0 Å². The normalized spacial score (nSPS) is 21.9. The molecule has 1 aliphatic rings. The maximum atomic E-state index is 5.53. The van der Waals surface area contributed by atoms with Crippen molar-refractivity contribution in [1.29, 1.82) is 0 Å². The molecule has 0 bridgehead atoms. The van der Waals surface area contributed by atoms with Crippen molar-refractivity contribution in [3.8, 4) is 11.4 Å². The second kappa shape index (κ2) is 5.42. The Labute approximate surface area is 133 Å². The van der Waals surface area contributed by atoms with Crippen molar-refractivity contribution in [3.05, 3.63) is 29.5 Å². The smallest absolute Gasteiger partial charge is 0.230 e. The number of ether oxygens (including phenoxy) is 1. The van der Waals surface area contributed by atoms with Crippen molar-refractivity contribution < 1.29 is 9.26 Å². The summed E-state index contributed by atoms with van der Waals surface area (Å²) in [5.74, 6) is 1.86. The van der Waals surface area contributed by atoms with E-state index in [0.29, 0.717) is 17.6 Å². The zero-order valence-corrected chi connectivity index (χ0v) is 13.5. The van der Waals surface area contributed by atoms with Crippen molar-refractivity contribution in [1.82, 2.24) is 24.7 Å². The average molecular weight is 313 g/mol. The first kappa shape index (κ1) is 14.3. The van der Waals surface area contributed by atoms with E-state index in [0.717, 1.165) is 42.2 Å². The first-order chi connectivity index (χ1) is 11.1. The monoisotopic (exact) mass is 313 g/mol. The molecule has 4 heterocycles. The number of fused-ring (bicyclic) bond motifs is 1. The van der Waals surface area contributed by atoms with Gasteiger partial charge >= 0.3 is 0 Å². The van der Waals surface area contributed by atoms with Crippen LogP contribution in [0.4, 0.5) is 0 Å².